The fourth-order valence-corrected chi connectivity index (χ4v) is 1.64. The van der Waals surface area contributed by atoms with E-state index in [1.807, 2.05) is 13.8 Å². The summed E-state index contributed by atoms with van der Waals surface area (Å²) < 4.78 is 40.3. The van der Waals surface area contributed by atoms with E-state index in [1.54, 1.807) is 6.07 Å². The zero-order chi connectivity index (χ0) is 14.5. The van der Waals surface area contributed by atoms with Crippen molar-refractivity contribution in [3.05, 3.63) is 29.8 Å². The first-order valence-electron chi connectivity index (χ1n) is 6.11. The molecule has 3 N–H and O–H groups in total. The lowest BCUT2D eigenvalue weighted by Gasteiger charge is -2.19. The molecule has 108 valence electrons. The Morgan fingerprint density at radius 2 is 2.00 bits per heavy atom. The predicted molar refractivity (Wildman–Crippen MR) is 67.8 cm³/mol. The summed E-state index contributed by atoms with van der Waals surface area (Å²) in [5.74, 6) is 0.207. The first-order chi connectivity index (χ1) is 8.81. The topological polar surface area (TPSA) is 47.3 Å². The molecule has 0 bridgehead atoms. The average Bonchev–Trinajstić information content (AvgIpc) is 2.27. The largest absolute Gasteiger partial charge is 0.573 e. The molecule has 0 aliphatic carbocycles. The number of ether oxygens (including phenoxy) is 1. The van der Waals surface area contributed by atoms with Crippen molar-refractivity contribution in [1.29, 1.82) is 0 Å². The number of hydrogen-bond acceptors (Lipinski definition) is 3. The van der Waals surface area contributed by atoms with E-state index in [0.29, 0.717) is 18.0 Å². The van der Waals surface area contributed by atoms with E-state index in [-0.39, 0.29) is 11.8 Å². The van der Waals surface area contributed by atoms with Crippen LogP contribution in [0.2, 0.25) is 0 Å². The van der Waals surface area contributed by atoms with Crippen molar-refractivity contribution < 1.29 is 17.9 Å². The standard InChI is InChI=1S/C13H19F3N2O/c1-9(2)8-18-12(7-17)10-4-3-5-11(6-10)19-13(14,15)16/h3-6,9,12,18H,7-8,17H2,1-2H3. The monoisotopic (exact) mass is 276 g/mol. The van der Waals surface area contributed by atoms with E-state index in [9.17, 15) is 13.2 Å². The van der Waals surface area contributed by atoms with E-state index < -0.39 is 6.36 Å². The number of alkyl halides is 3. The van der Waals surface area contributed by atoms with Crippen molar-refractivity contribution >= 4 is 0 Å². The van der Waals surface area contributed by atoms with Crippen LogP contribution in [-0.4, -0.2) is 19.5 Å². The van der Waals surface area contributed by atoms with E-state index in [4.69, 9.17) is 5.73 Å². The van der Waals surface area contributed by atoms with Gasteiger partial charge in [-0.2, -0.15) is 0 Å². The summed E-state index contributed by atoms with van der Waals surface area (Å²) in [7, 11) is 0. The van der Waals surface area contributed by atoms with Crippen LogP contribution < -0.4 is 15.8 Å². The lowest BCUT2D eigenvalue weighted by Crippen LogP contribution is -2.31. The van der Waals surface area contributed by atoms with Gasteiger partial charge in [0, 0.05) is 12.6 Å². The van der Waals surface area contributed by atoms with E-state index in [2.05, 4.69) is 10.1 Å². The smallest absolute Gasteiger partial charge is 0.406 e. The summed E-state index contributed by atoms with van der Waals surface area (Å²) in [6, 6.07) is 5.70. The van der Waals surface area contributed by atoms with Crippen LogP contribution in [0.5, 0.6) is 5.75 Å². The highest BCUT2D eigenvalue weighted by atomic mass is 19.4. The number of benzene rings is 1. The van der Waals surface area contributed by atoms with Crippen molar-refractivity contribution in [3.8, 4) is 5.75 Å². The van der Waals surface area contributed by atoms with Crippen molar-refractivity contribution in [3.63, 3.8) is 0 Å². The van der Waals surface area contributed by atoms with Crippen molar-refractivity contribution in [2.24, 2.45) is 11.7 Å². The molecular formula is C13H19F3N2O. The van der Waals surface area contributed by atoms with E-state index in [0.717, 1.165) is 6.54 Å². The van der Waals surface area contributed by atoms with Gasteiger partial charge in [-0.3, -0.25) is 0 Å². The molecule has 1 unspecified atom stereocenters. The Hall–Kier alpha value is -1.27. The van der Waals surface area contributed by atoms with Gasteiger partial charge in [0.15, 0.2) is 0 Å². The molecule has 0 aliphatic heterocycles. The third-order valence-corrected chi connectivity index (χ3v) is 2.50. The van der Waals surface area contributed by atoms with Crippen LogP contribution in [0.25, 0.3) is 0 Å². The fraction of sp³-hybridized carbons (Fsp3) is 0.538. The highest BCUT2D eigenvalue weighted by Crippen LogP contribution is 2.25. The van der Waals surface area contributed by atoms with Crippen LogP contribution >= 0.6 is 0 Å². The molecule has 1 rings (SSSR count). The molecule has 6 heteroatoms. The zero-order valence-electron chi connectivity index (χ0n) is 11.0. The minimum Gasteiger partial charge on any atom is -0.406 e. The minimum atomic E-state index is -4.68. The summed E-state index contributed by atoms with van der Waals surface area (Å²) in [5, 5.41) is 3.21. The fourth-order valence-electron chi connectivity index (χ4n) is 1.64. The minimum absolute atomic E-state index is 0.181. The van der Waals surface area contributed by atoms with E-state index >= 15 is 0 Å². The molecule has 0 radical (unpaired) electrons. The second-order valence-electron chi connectivity index (χ2n) is 4.71. The number of nitrogens with two attached hydrogens (primary N) is 1. The molecule has 0 saturated heterocycles. The van der Waals surface area contributed by atoms with Gasteiger partial charge in [-0.25, -0.2) is 0 Å². The lowest BCUT2D eigenvalue weighted by atomic mass is 10.1. The van der Waals surface area contributed by atoms with Crippen LogP contribution in [0.3, 0.4) is 0 Å². The molecule has 1 atom stereocenters. The molecule has 0 aromatic heterocycles. The molecule has 0 fully saturated rings. The van der Waals surface area contributed by atoms with Gasteiger partial charge in [0.05, 0.1) is 0 Å². The summed E-state index contributed by atoms with van der Waals surface area (Å²) in [4.78, 5) is 0. The van der Waals surface area contributed by atoms with Crippen LogP contribution in [0.1, 0.15) is 25.5 Å². The third kappa shape index (κ3) is 5.94. The third-order valence-electron chi connectivity index (χ3n) is 2.50. The normalized spacial score (nSPS) is 13.6. The van der Waals surface area contributed by atoms with E-state index in [1.165, 1.54) is 18.2 Å². The zero-order valence-corrected chi connectivity index (χ0v) is 11.0. The summed E-state index contributed by atoms with van der Waals surface area (Å²) in [6.45, 7) is 5.14. The SMILES string of the molecule is CC(C)CNC(CN)c1cccc(OC(F)(F)F)c1. The van der Waals surface area contributed by atoms with Gasteiger partial charge in [0.25, 0.3) is 0 Å². The Kier molecular flexibility index (Phi) is 5.62. The number of rotatable bonds is 6. The molecule has 1 aromatic carbocycles. The first-order valence-corrected chi connectivity index (χ1v) is 6.11. The molecular weight excluding hydrogens is 257 g/mol. The Labute approximate surface area is 110 Å². The van der Waals surface area contributed by atoms with Gasteiger partial charge in [-0.1, -0.05) is 26.0 Å². The number of hydrogen-bond donors (Lipinski definition) is 2. The Morgan fingerprint density at radius 1 is 1.32 bits per heavy atom. The quantitative estimate of drug-likeness (QED) is 0.840. The highest BCUT2D eigenvalue weighted by molar-refractivity contribution is 5.31. The Bertz CT molecular complexity index is 394. The van der Waals surface area contributed by atoms with Crippen LogP contribution in [-0.2, 0) is 0 Å². The van der Waals surface area contributed by atoms with Gasteiger partial charge in [0.1, 0.15) is 5.75 Å². The molecule has 1 aromatic rings. The van der Waals surface area contributed by atoms with Gasteiger partial charge in [-0.05, 0) is 30.2 Å². The van der Waals surface area contributed by atoms with Gasteiger partial charge < -0.3 is 15.8 Å². The number of halogens is 3. The van der Waals surface area contributed by atoms with Crippen LogP contribution in [0.15, 0.2) is 24.3 Å². The summed E-state index contributed by atoms with van der Waals surface area (Å²) in [6.07, 6.45) is -4.68. The predicted octanol–water partition coefficient (Wildman–Crippen LogP) is 2.83. The molecule has 0 spiro atoms. The second kappa shape index (κ2) is 6.77. The Morgan fingerprint density at radius 3 is 2.53 bits per heavy atom. The number of nitrogens with one attached hydrogen (secondary N) is 1. The maximum atomic E-state index is 12.1. The average molecular weight is 276 g/mol. The van der Waals surface area contributed by atoms with Crippen LogP contribution in [0, 0.1) is 5.92 Å². The van der Waals surface area contributed by atoms with Crippen molar-refractivity contribution in [2.45, 2.75) is 26.3 Å². The molecule has 0 heterocycles. The second-order valence-corrected chi connectivity index (χ2v) is 4.71. The first kappa shape index (κ1) is 15.8. The van der Waals surface area contributed by atoms with Crippen molar-refractivity contribution in [2.75, 3.05) is 13.1 Å². The lowest BCUT2D eigenvalue weighted by molar-refractivity contribution is -0.274. The molecule has 3 nitrogen and oxygen atoms in total. The van der Waals surface area contributed by atoms with Crippen molar-refractivity contribution in [1.82, 2.24) is 5.32 Å². The van der Waals surface area contributed by atoms with Gasteiger partial charge in [0.2, 0.25) is 0 Å². The highest BCUT2D eigenvalue weighted by Gasteiger charge is 2.31. The summed E-state index contributed by atoms with van der Waals surface area (Å²) in [5.41, 5.74) is 6.33. The van der Waals surface area contributed by atoms with Gasteiger partial charge >= 0.3 is 6.36 Å². The molecule has 0 aliphatic rings. The summed E-state index contributed by atoms with van der Waals surface area (Å²) >= 11 is 0. The maximum absolute atomic E-state index is 12.1. The van der Waals surface area contributed by atoms with Gasteiger partial charge in [-0.15, -0.1) is 13.2 Å². The Balaban J connectivity index is 2.78. The molecule has 19 heavy (non-hydrogen) atoms. The molecule has 0 amide bonds. The molecule has 0 saturated carbocycles. The van der Waals surface area contributed by atoms with Crippen LogP contribution in [0.4, 0.5) is 13.2 Å². The maximum Gasteiger partial charge on any atom is 0.573 e.